The van der Waals surface area contributed by atoms with E-state index in [1.165, 1.54) is 5.56 Å². The smallest absolute Gasteiger partial charge is 0.119 e. The summed E-state index contributed by atoms with van der Waals surface area (Å²) < 4.78 is 7.22. The normalized spacial score (nSPS) is 22.6. The summed E-state index contributed by atoms with van der Waals surface area (Å²) in [5.74, 6) is 0.862. The Bertz CT molecular complexity index is 571. The first-order chi connectivity index (χ1) is 10.3. The Labute approximate surface area is 124 Å². The van der Waals surface area contributed by atoms with Crippen LogP contribution in [-0.2, 0) is 6.54 Å². The highest BCUT2D eigenvalue weighted by molar-refractivity contribution is 5.31. The van der Waals surface area contributed by atoms with E-state index >= 15 is 0 Å². The molecule has 5 heteroatoms. The summed E-state index contributed by atoms with van der Waals surface area (Å²) in [5.41, 5.74) is 1.20. The Morgan fingerprint density at radius 1 is 1.33 bits per heavy atom. The third kappa shape index (κ3) is 3.25. The van der Waals surface area contributed by atoms with Crippen LogP contribution in [0.2, 0.25) is 0 Å². The van der Waals surface area contributed by atoms with Gasteiger partial charge >= 0.3 is 0 Å². The molecule has 0 saturated carbocycles. The highest BCUT2D eigenvalue weighted by Crippen LogP contribution is 2.33. The van der Waals surface area contributed by atoms with Crippen molar-refractivity contribution in [3.63, 3.8) is 0 Å². The first-order valence-electron chi connectivity index (χ1n) is 7.30. The van der Waals surface area contributed by atoms with Crippen LogP contribution in [0.5, 0.6) is 5.75 Å². The third-order valence-electron chi connectivity index (χ3n) is 4.04. The summed E-state index contributed by atoms with van der Waals surface area (Å²) in [6.07, 6.45) is 4.26. The van der Waals surface area contributed by atoms with Gasteiger partial charge < -0.3 is 9.84 Å². The van der Waals surface area contributed by atoms with Crippen molar-refractivity contribution in [2.45, 2.75) is 25.1 Å². The lowest BCUT2D eigenvalue weighted by atomic mass is 10.0. The fraction of sp³-hybridized carbons (Fsp3) is 0.438. The van der Waals surface area contributed by atoms with E-state index in [0.29, 0.717) is 6.54 Å². The van der Waals surface area contributed by atoms with Crippen LogP contribution in [0.1, 0.15) is 18.0 Å². The summed E-state index contributed by atoms with van der Waals surface area (Å²) in [6, 6.07) is 10.3. The van der Waals surface area contributed by atoms with E-state index in [1.54, 1.807) is 13.3 Å². The van der Waals surface area contributed by atoms with Crippen molar-refractivity contribution >= 4 is 0 Å². The fourth-order valence-corrected chi connectivity index (χ4v) is 2.99. The van der Waals surface area contributed by atoms with Gasteiger partial charge in [0.1, 0.15) is 5.75 Å². The zero-order chi connectivity index (χ0) is 14.7. The Morgan fingerprint density at radius 3 is 3.00 bits per heavy atom. The average Bonchev–Trinajstić information content (AvgIpc) is 3.14. The second kappa shape index (κ2) is 6.28. The molecule has 21 heavy (non-hydrogen) atoms. The van der Waals surface area contributed by atoms with E-state index in [9.17, 15) is 5.11 Å². The van der Waals surface area contributed by atoms with Crippen LogP contribution < -0.4 is 4.74 Å². The summed E-state index contributed by atoms with van der Waals surface area (Å²) in [7, 11) is 1.68. The van der Waals surface area contributed by atoms with Crippen LogP contribution in [0.3, 0.4) is 0 Å². The van der Waals surface area contributed by atoms with Crippen molar-refractivity contribution in [2.24, 2.45) is 0 Å². The molecule has 1 aromatic carbocycles. The van der Waals surface area contributed by atoms with E-state index in [2.05, 4.69) is 22.1 Å². The first kappa shape index (κ1) is 14.1. The maximum atomic E-state index is 10.0. The lowest BCUT2D eigenvalue weighted by Crippen LogP contribution is -2.28. The highest BCUT2D eigenvalue weighted by atomic mass is 16.5. The van der Waals surface area contributed by atoms with Crippen molar-refractivity contribution in [3.8, 4) is 5.75 Å². The minimum atomic E-state index is -0.265. The Hall–Kier alpha value is -1.85. The van der Waals surface area contributed by atoms with Gasteiger partial charge in [0.15, 0.2) is 0 Å². The summed E-state index contributed by atoms with van der Waals surface area (Å²) in [4.78, 5) is 2.32. The Morgan fingerprint density at radius 2 is 2.24 bits per heavy atom. The highest BCUT2D eigenvalue weighted by Gasteiger charge is 2.31. The molecular weight excluding hydrogens is 266 g/mol. The van der Waals surface area contributed by atoms with Crippen LogP contribution in [0, 0.1) is 0 Å². The average molecular weight is 287 g/mol. The van der Waals surface area contributed by atoms with Crippen LogP contribution in [-0.4, -0.2) is 46.1 Å². The number of β-amino-alcohol motifs (C(OH)–C–C–N with tert-alkyl or cyclic N) is 1. The predicted octanol–water partition coefficient (Wildman–Crippen LogP) is 1.70. The number of aliphatic hydroxyl groups excluding tert-OH is 1. The fourth-order valence-electron chi connectivity index (χ4n) is 2.99. The molecule has 0 spiro atoms. The number of aromatic nitrogens is 2. The summed E-state index contributed by atoms with van der Waals surface area (Å²) in [5, 5.41) is 14.2. The number of ether oxygens (including phenoxy) is 1. The van der Waals surface area contributed by atoms with Crippen molar-refractivity contribution in [1.29, 1.82) is 0 Å². The maximum absolute atomic E-state index is 10.0. The van der Waals surface area contributed by atoms with Crippen LogP contribution in [0.25, 0.3) is 0 Å². The van der Waals surface area contributed by atoms with Crippen LogP contribution in [0.4, 0.5) is 0 Å². The number of rotatable bonds is 5. The number of nitrogens with zero attached hydrogens (tertiary/aromatic N) is 3. The van der Waals surface area contributed by atoms with Gasteiger partial charge in [-0.15, -0.1) is 0 Å². The maximum Gasteiger partial charge on any atom is 0.119 e. The Kier molecular flexibility index (Phi) is 4.22. The van der Waals surface area contributed by atoms with Gasteiger partial charge in [0, 0.05) is 31.5 Å². The van der Waals surface area contributed by atoms with Gasteiger partial charge in [-0.1, -0.05) is 12.1 Å². The minimum Gasteiger partial charge on any atom is -0.497 e. The molecule has 3 rings (SSSR count). The largest absolute Gasteiger partial charge is 0.497 e. The van der Waals surface area contributed by atoms with Crippen molar-refractivity contribution in [2.75, 3.05) is 20.2 Å². The lowest BCUT2D eigenvalue weighted by molar-refractivity contribution is 0.172. The molecule has 2 heterocycles. The molecule has 112 valence electrons. The van der Waals surface area contributed by atoms with E-state index in [-0.39, 0.29) is 12.1 Å². The van der Waals surface area contributed by atoms with Crippen LogP contribution in [0.15, 0.2) is 42.7 Å². The molecule has 0 unspecified atom stereocenters. The number of hydrogen-bond acceptors (Lipinski definition) is 4. The molecule has 5 nitrogen and oxygen atoms in total. The molecule has 1 N–H and O–H groups in total. The van der Waals surface area contributed by atoms with Gasteiger partial charge in [-0.25, -0.2) is 0 Å². The quantitative estimate of drug-likeness (QED) is 0.909. The SMILES string of the molecule is COc1cccc([C@H]2C[C@@H](O)CN2CCn2cccn2)c1. The Balaban J connectivity index is 1.72. The molecule has 1 saturated heterocycles. The zero-order valence-electron chi connectivity index (χ0n) is 12.2. The lowest BCUT2D eigenvalue weighted by Gasteiger charge is -2.24. The minimum absolute atomic E-state index is 0.241. The molecule has 0 bridgehead atoms. The van der Waals surface area contributed by atoms with Crippen molar-refractivity contribution in [3.05, 3.63) is 48.3 Å². The van der Waals surface area contributed by atoms with Gasteiger partial charge in [-0.3, -0.25) is 9.58 Å². The molecule has 2 atom stereocenters. The zero-order valence-corrected chi connectivity index (χ0v) is 12.2. The van der Waals surface area contributed by atoms with Crippen molar-refractivity contribution < 1.29 is 9.84 Å². The molecule has 2 aromatic rings. The second-order valence-corrected chi connectivity index (χ2v) is 5.45. The molecule has 0 radical (unpaired) electrons. The van der Waals surface area contributed by atoms with Gasteiger partial charge in [0.05, 0.1) is 19.8 Å². The molecule has 1 aromatic heterocycles. The van der Waals surface area contributed by atoms with E-state index < -0.39 is 0 Å². The van der Waals surface area contributed by atoms with Gasteiger partial charge in [0.25, 0.3) is 0 Å². The molecule has 1 aliphatic heterocycles. The second-order valence-electron chi connectivity index (χ2n) is 5.45. The summed E-state index contributed by atoms with van der Waals surface area (Å²) in [6.45, 7) is 2.42. The van der Waals surface area contributed by atoms with E-state index in [1.807, 2.05) is 29.1 Å². The summed E-state index contributed by atoms with van der Waals surface area (Å²) >= 11 is 0. The van der Waals surface area contributed by atoms with Crippen molar-refractivity contribution in [1.82, 2.24) is 14.7 Å². The standard InChI is InChI=1S/C16H21N3O2/c1-21-15-5-2-4-13(10-15)16-11-14(20)12-18(16)8-9-19-7-3-6-17-19/h2-7,10,14,16,20H,8-9,11-12H2,1H3/t14-,16-/m1/s1. The number of benzene rings is 1. The third-order valence-corrected chi connectivity index (χ3v) is 4.04. The predicted molar refractivity (Wildman–Crippen MR) is 80.2 cm³/mol. The van der Waals surface area contributed by atoms with E-state index in [4.69, 9.17) is 4.74 Å². The van der Waals surface area contributed by atoms with Gasteiger partial charge in [-0.2, -0.15) is 5.10 Å². The topological polar surface area (TPSA) is 50.5 Å². The number of likely N-dealkylation sites (tertiary alicyclic amines) is 1. The number of aliphatic hydroxyl groups is 1. The van der Waals surface area contributed by atoms with Gasteiger partial charge in [0.2, 0.25) is 0 Å². The van der Waals surface area contributed by atoms with E-state index in [0.717, 1.165) is 25.3 Å². The molecule has 0 aliphatic carbocycles. The monoisotopic (exact) mass is 287 g/mol. The first-order valence-corrected chi connectivity index (χ1v) is 7.30. The molecule has 0 amide bonds. The van der Waals surface area contributed by atoms with Crippen LogP contribution >= 0.6 is 0 Å². The number of hydrogen-bond donors (Lipinski definition) is 1. The molecular formula is C16H21N3O2. The van der Waals surface area contributed by atoms with Gasteiger partial charge in [-0.05, 0) is 30.2 Å². The number of methoxy groups -OCH3 is 1. The molecule has 1 fully saturated rings. The molecule has 1 aliphatic rings.